The molecule has 0 amide bonds. The lowest BCUT2D eigenvalue weighted by molar-refractivity contribution is -0.387. The van der Waals surface area contributed by atoms with E-state index in [2.05, 4.69) is 4.98 Å². The molecule has 0 aromatic carbocycles. The molecule has 12 heteroatoms. The lowest BCUT2D eigenvalue weighted by Crippen LogP contribution is -2.77. The Balaban J connectivity index is 1.56. The van der Waals surface area contributed by atoms with Gasteiger partial charge in [-0.3, -0.25) is 0 Å². The lowest BCUT2D eigenvalue weighted by Gasteiger charge is -2.59. The maximum absolute atomic E-state index is 13.2. The second-order valence-electron chi connectivity index (χ2n) is 12.8. The number of aromatic amines is 1. The van der Waals surface area contributed by atoms with Gasteiger partial charge in [0.25, 0.3) is 0 Å². The van der Waals surface area contributed by atoms with Crippen molar-refractivity contribution in [3.8, 4) is 0 Å². The van der Waals surface area contributed by atoms with E-state index in [9.17, 15) is 40.5 Å². The van der Waals surface area contributed by atoms with Gasteiger partial charge in [-0.05, 0) is 26.0 Å². The van der Waals surface area contributed by atoms with Crippen LogP contribution >= 0.6 is 0 Å². The van der Waals surface area contributed by atoms with Gasteiger partial charge in [-0.25, -0.2) is 4.79 Å². The second-order valence-corrected chi connectivity index (χ2v) is 12.8. The number of carbonyl (C=O) groups excluding carboxylic acids is 1. The number of esters is 1. The Morgan fingerprint density at radius 3 is 2.49 bits per heavy atom. The summed E-state index contributed by atoms with van der Waals surface area (Å²) in [6.45, 7) is 5.03. The number of aliphatic hydroxyl groups excluding tert-OH is 2. The summed E-state index contributed by atoms with van der Waals surface area (Å²) in [5, 5.41) is 84.8. The van der Waals surface area contributed by atoms with Crippen LogP contribution in [0.3, 0.4) is 0 Å². The molecule has 13 atom stereocenters. The number of rotatable bonds is 4. The summed E-state index contributed by atoms with van der Waals surface area (Å²) < 4.78 is 17.7. The van der Waals surface area contributed by atoms with Gasteiger partial charge in [-0.2, -0.15) is 0 Å². The summed E-state index contributed by atoms with van der Waals surface area (Å²) in [5.74, 6) is -4.57. The van der Waals surface area contributed by atoms with Crippen LogP contribution in [0.15, 0.2) is 18.3 Å². The third kappa shape index (κ3) is 1.75. The number of ether oxygens (including phenoxy) is 3. The lowest BCUT2D eigenvalue weighted by atomic mass is 9.52. The number of hydrogen-bond acceptors (Lipinski definition) is 11. The van der Waals surface area contributed by atoms with Crippen LogP contribution in [-0.4, -0.2) is 111 Å². The molecule has 3 aliphatic heterocycles. The second kappa shape index (κ2) is 5.93. The SMILES string of the molecule is C[C@@H](CO)[C@@]1(O)[C@@H](OC(=O)c2ccc[nH]2)[C@]2(O)[C@@]3(C)C[C@]4(O)O[C@@]5([C@@H](O)[C@]6(C)O[C@@H]6C[C@]35O)[C@@]2(O)[C@]14C. The molecule has 1 aromatic heterocycles. The number of carbonyl (C=O) groups is 1. The van der Waals surface area contributed by atoms with E-state index in [1.165, 1.54) is 33.0 Å². The minimum atomic E-state index is -2.78. The molecule has 37 heavy (non-hydrogen) atoms. The summed E-state index contributed by atoms with van der Waals surface area (Å²) in [7, 11) is 0. The smallest absolute Gasteiger partial charge is 0.355 e. The van der Waals surface area contributed by atoms with Crippen LogP contribution in [0.25, 0.3) is 0 Å². The van der Waals surface area contributed by atoms with Crippen molar-refractivity contribution in [3.63, 3.8) is 0 Å². The number of nitrogens with one attached hydrogen (secondary N) is 1. The van der Waals surface area contributed by atoms with E-state index in [1.807, 2.05) is 0 Å². The van der Waals surface area contributed by atoms with Crippen molar-refractivity contribution in [3.05, 3.63) is 24.0 Å². The third-order valence-electron chi connectivity index (χ3n) is 11.9. The zero-order valence-corrected chi connectivity index (χ0v) is 20.9. The first kappa shape index (κ1) is 24.4. The summed E-state index contributed by atoms with van der Waals surface area (Å²) in [6, 6.07) is 2.97. The fourth-order valence-corrected chi connectivity index (χ4v) is 9.88. The van der Waals surface area contributed by atoms with Crippen molar-refractivity contribution in [1.29, 1.82) is 0 Å². The molecule has 8 N–H and O–H groups in total. The first-order valence-electron chi connectivity index (χ1n) is 12.6. The first-order chi connectivity index (χ1) is 17.0. The molecule has 0 unspecified atom stereocenters. The number of hydrogen-bond donors (Lipinski definition) is 8. The molecule has 4 aliphatic carbocycles. The van der Waals surface area contributed by atoms with Gasteiger partial charge in [0.2, 0.25) is 0 Å². The average molecular weight is 524 g/mol. The van der Waals surface area contributed by atoms with Crippen LogP contribution in [0.5, 0.6) is 0 Å². The summed E-state index contributed by atoms with van der Waals surface area (Å²) in [6.07, 6.45) is -3.48. The van der Waals surface area contributed by atoms with Crippen molar-refractivity contribution in [2.24, 2.45) is 16.7 Å². The Morgan fingerprint density at radius 1 is 1.22 bits per heavy atom. The molecule has 12 nitrogen and oxygen atoms in total. The van der Waals surface area contributed by atoms with E-state index in [-0.39, 0.29) is 12.1 Å². The number of H-pyrrole nitrogens is 1. The molecule has 204 valence electrons. The Bertz CT molecular complexity index is 1240. The van der Waals surface area contributed by atoms with Crippen LogP contribution in [0, 0.1) is 16.7 Å². The monoisotopic (exact) mass is 523 g/mol. The molecule has 7 fully saturated rings. The van der Waals surface area contributed by atoms with Gasteiger partial charge in [-0.1, -0.05) is 13.8 Å². The van der Waals surface area contributed by atoms with Gasteiger partial charge >= 0.3 is 5.97 Å². The predicted molar refractivity (Wildman–Crippen MR) is 120 cm³/mol. The number of epoxide rings is 1. The third-order valence-corrected chi connectivity index (χ3v) is 11.9. The van der Waals surface area contributed by atoms with Crippen LogP contribution < -0.4 is 0 Å². The van der Waals surface area contributed by atoms with E-state index in [0.717, 1.165) is 0 Å². The molecule has 6 bridgehead atoms. The van der Waals surface area contributed by atoms with Crippen molar-refractivity contribution in [2.45, 2.75) is 98.2 Å². The molecule has 0 radical (unpaired) electrons. The minimum absolute atomic E-state index is 0.00436. The van der Waals surface area contributed by atoms with Crippen LogP contribution in [-0.2, 0) is 14.2 Å². The molecule has 8 rings (SSSR count). The fraction of sp³-hybridized carbons (Fsp3) is 0.800. The largest absolute Gasteiger partial charge is 0.451 e. The molecular formula is C25H33NO11. The van der Waals surface area contributed by atoms with Gasteiger partial charge < -0.3 is 54.9 Å². The highest BCUT2D eigenvalue weighted by molar-refractivity contribution is 5.87. The highest BCUT2D eigenvalue weighted by Crippen LogP contribution is 2.91. The highest BCUT2D eigenvalue weighted by atomic mass is 16.7. The van der Waals surface area contributed by atoms with Crippen LogP contribution in [0.2, 0.25) is 0 Å². The molecule has 3 saturated heterocycles. The Kier molecular flexibility index (Phi) is 3.92. The fourth-order valence-electron chi connectivity index (χ4n) is 9.88. The van der Waals surface area contributed by atoms with Gasteiger partial charge in [-0.15, -0.1) is 0 Å². The normalized spacial score (nSPS) is 62.8. The maximum atomic E-state index is 13.2. The molecule has 4 saturated carbocycles. The van der Waals surface area contributed by atoms with Gasteiger partial charge in [0, 0.05) is 37.0 Å². The van der Waals surface area contributed by atoms with Crippen molar-refractivity contribution in [1.82, 2.24) is 4.98 Å². The average Bonchev–Trinajstić information content (AvgIpc) is 3.15. The first-order valence-corrected chi connectivity index (χ1v) is 12.6. The zero-order chi connectivity index (χ0) is 27.0. The topological polar surface area (TPSA) is 205 Å². The van der Waals surface area contributed by atoms with Gasteiger partial charge in [0.15, 0.2) is 17.5 Å². The Morgan fingerprint density at radius 2 is 1.89 bits per heavy atom. The molecule has 7 aliphatic rings. The molecular weight excluding hydrogens is 490 g/mol. The van der Waals surface area contributed by atoms with E-state index in [1.54, 1.807) is 13.0 Å². The maximum Gasteiger partial charge on any atom is 0.355 e. The van der Waals surface area contributed by atoms with Crippen LogP contribution in [0.4, 0.5) is 0 Å². The Hall–Kier alpha value is -1.61. The molecule has 1 spiro atoms. The predicted octanol–water partition coefficient (Wildman–Crippen LogP) is -2.08. The van der Waals surface area contributed by atoms with E-state index < -0.39 is 93.5 Å². The summed E-state index contributed by atoms with van der Waals surface area (Å²) in [4.78, 5) is 15.9. The standard InChI is InChI=1S/C25H33NO11/c1-11(9-27)22(32)16(35-14(28)12-6-5-7-26-12)23(33)17(2)10-21(31)19(22,4)25(23,34)24(37-21)15(29)18(3)13(36-18)8-20(17,24)30/h5-7,11,13,15-16,26-27,29-34H,8-10H2,1-4H3/t11-,13+,15-,16+,17-,18+,19-,20-,21-,22+,23-,24+,25+/m0/s1. The molecule has 4 heterocycles. The van der Waals surface area contributed by atoms with Gasteiger partial charge in [0.1, 0.15) is 39.8 Å². The Labute approximate surface area is 211 Å². The van der Waals surface area contributed by atoms with Crippen LogP contribution in [0.1, 0.15) is 51.0 Å². The van der Waals surface area contributed by atoms with Crippen molar-refractivity contribution in [2.75, 3.05) is 6.61 Å². The molecule has 1 aromatic rings. The zero-order valence-electron chi connectivity index (χ0n) is 20.9. The summed E-state index contributed by atoms with van der Waals surface area (Å²) in [5.41, 5.74) is -18.0. The number of aliphatic hydroxyl groups is 7. The van der Waals surface area contributed by atoms with Crippen molar-refractivity contribution >= 4 is 5.97 Å². The quantitative estimate of drug-likeness (QED) is 0.159. The number of aromatic nitrogens is 1. The minimum Gasteiger partial charge on any atom is -0.451 e. The summed E-state index contributed by atoms with van der Waals surface area (Å²) >= 11 is 0. The van der Waals surface area contributed by atoms with E-state index >= 15 is 0 Å². The van der Waals surface area contributed by atoms with E-state index in [0.29, 0.717) is 0 Å². The highest BCUT2D eigenvalue weighted by Gasteiger charge is 3.11. The van der Waals surface area contributed by atoms with Gasteiger partial charge in [0.05, 0.1) is 11.5 Å². The van der Waals surface area contributed by atoms with E-state index in [4.69, 9.17) is 14.2 Å². The van der Waals surface area contributed by atoms with Crippen molar-refractivity contribution < 1.29 is 54.8 Å². The number of fused-ring (bicyclic) bond motifs is 1.